The number of esters is 1. The van der Waals surface area contributed by atoms with Crippen LogP contribution >= 0.6 is 0 Å². The Hall–Kier alpha value is -2.78. The lowest BCUT2D eigenvalue weighted by Gasteiger charge is -2.17. The molecule has 29 heavy (non-hydrogen) atoms. The Morgan fingerprint density at radius 2 is 1.72 bits per heavy atom. The Bertz CT molecular complexity index is 975. The summed E-state index contributed by atoms with van der Waals surface area (Å²) in [5.74, 6) is -1.79. The molecule has 2 rings (SSSR count). The van der Waals surface area contributed by atoms with Crippen molar-refractivity contribution in [3.63, 3.8) is 0 Å². The molecular formula is C20H23FN2O5S. The zero-order valence-electron chi connectivity index (χ0n) is 16.4. The van der Waals surface area contributed by atoms with Gasteiger partial charge in [-0.15, -0.1) is 0 Å². The van der Waals surface area contributed by atoms with Crippen molar-refractivity contribution in [2.45, 2.75) is 24.7 Å². The fraction of sp³-hybridized carbons (Fsp3) is 0.300. The van der Waals surface area contributed by atoms with Crippen molar-refractivity contribution in [2.75, 3.05) is 25.5 Å². The third-order valence-electron chi connectivity index (χ3n) is 4.09. The molecule has 0 spiro atoms. The lowest BCUT2D eigenvalue weighted by molar-refractivity contribution is -0.147. The number of rotatable bonds is 8. The fourth-order valence-corrected chi connectivity index (χ4v) is 3.66. The number of likely N-dealkylation sites (N-methyl/N-ethyl adjacent to an activating group) is 1. The second kappa shape index (κ2) is 9.62. The van der Waals surface area contributed by atoms with Gasteiger partial charge in [-0.05, 0) is 41.8 Å². The number of hydrogen-bond donors (Lipinski definition) is 1. The fourth-order valence-electron chi connectivity index (χ4n) is 2.55. The van der Waals surface area contributed by atoms with Crippen LogP contribution in [-0.2, 0) is 24.3 Å². The van der Waals surface area contributed by atoms with Gasteiger partial charge in [0.2, 0.25) is 10.0 Å². The maximum Gasteiger partial charge on any atom is 0.321 e. The van der Waals surface area contributed by atoms with E-state index in [4.69, 9.17) is 4.74 Å². The molecule has 7 nitrogen and oxygen atoms in total. The molecule has 0 atom stereocenters. The van der Waals surface area contributed by atoms with E-state index in [1.54, 1.807) is 12.1 Å². The highest BCUT2D eigenvalue weighted by Crippen LogP contribution is 2.23. The van der Waals surface area contributed by atoms with Crippen LogP contribution in [0.25, 0.3) is 0 Å². The van der Waals surface area contributed by atoms with Crippen molar-refractivity contribution in [1.29, 1.82) is 0 Å². The normalized spacial score (nSPS) is 11.5. The van der Waals surface area contributed by atoms with Crippen LogP contribution in [0.1, 0.15) is 25.3 Å². The molecule has 0 aromatic heterocycles. The van der Waals surface area contributed by atoms with Crippen LogP contribution in [-0.4, -0.2) is 44.8 Å². The van der Waals surface area contributed by atoms with E-state index in [0.29, 0.717) is 5.69 Å². The molecule has 0 heterocycles. The summed E-state index contributed by atoms with van der Waals surface area (Å²) in [6.45, 7) is 2.84. The number of halogens is 1. The van der Waals surface area contributed by atoms with Gasteiger partial charge in [-0.25, -0.2) is 12.8 Å². The molecule has 0 radical (unpaired) electrons. The zero-order valence-corrected chi connectivity index (χ0v) is 17.2. The minimum atomic E-state index is -3.99. The van der Waals surface area contributed by atoms with Crippen molar-refractivity contribution in [1.82, 2.24) is 4.31 Å². The van der Waals surface area contributed by atoms with Gasteiger partial charge < -0.3 is 10.1 Å². The third-order valence-corrected chi connectivity index (χ3v) is 5.91. The summed E-state index contributed by atoms with van der Waals surface area (Å²) in [7, 11) is -2.79. The number of sulfonamides is 1. The summed E-state index contributed by atoms with van der Waals surface area (Å²) in [6.07, 6.45) is 0. The smallest absolute Gasteiger partial charge is 0.321 e. The first-order valence-electron chi connectivity index (χ1n) is 8.87. The number of para-hydroxylation sites is 1. The summed E-state index contributed by atoms with van der Waals surface area (Å²) < 4.78 is 43.4. The molecule has 0 aliphatic rings. The topological polar surface area (TPSA) is 92.8 Å². The maximum atomic E-state index is 13.0. The Kier molecular flexibility index (Phi) is 7.46. The predicted octanol–water partition coefficient (Wildman–Crippen LogP) is 2.75. The SMILES string of the molecule is CC(C)c1ccccc1NC(=O)COC(=O)CN(C)S(=O)(=O)c1ccc(F)cc1. The van der Waals surface area contributed by atoms with Gasteiger partial charge in [0.05, 0.1) is 4.90 Å². The third kappa shape index (κ3) is 6.10. The van der Waals surface area contributed by atoms with Crippen molar-refractivity contribution in [3.8, 4) is 0 Å². The van der Waals surface area contributed by atoms with Gasteiger partial charge in [0, 0.05) is 12.7 Å². The van der Waals surface area contributed by atoms with Crippen molar-refractivity contribution >= 4 is 27.6 Å². The number of benzene rings is 2. The van der Waals surface area contributed by atoms with Crippen LogP contribution in [0.5, 0.6) is 0 Å². The average Bonchev–Trinajstić information content (AvgIpc) is 2.67. The van der Waals surface area contributed by atoms with Gasteiger partial charge in [0.25, 0.3) is 5.91 Å². The summed E-state index contributed by atoms with van der Waals surface area (Å²) >= 11 is 0. The molecule has 0 fully saturated rings. The number of carbonyl (C=O) groups excluding carboxylic acids is 2. The largest absolute Gasteiger partial charge is 0.455 e. The Labute approximate surface area is 169 Å². The summed E-state index contributed by atoms with van der Waals surface area (Å²) in [5, 5.41) is 2.68. The second-order valence-electron chi connectivity index (χ2n) is 6.67. The van der Waals surface area contributed by atoms with Crippen LogP contribution in [0.15, 0.2) is 53.4 Å². The zero-order chi connectivity index (χ0) is 21.6. The molecule has 2 aromatic rings. The molecule has 2 aromatic carbocycles. The van der Waals surface area contributed by atoms with Gasteiger partial charge in [-0.2, -0.15) is 4.31 Å². The number of nitrogens with one attached hydrogen (secondary N) is 1. The van der Waals surface area contributed by atoms with E-state index < -0.39 is 40.9 Å². The lowest BCUT2D eigenvalue weighted by Crippen LogP contribution is -2.34. The number of anilines is 1. The first-order chi connectivity index (χ1) is 13.6. The van der Waals surface area contributed by atoms with Crippen LogP contribution in [0, 0.1) is 5.82 Å². The van der Waals surface area contributed by atoms with Crippen LogP contribution in [0.4, 0.5) is 10.1 Å². The van der Waals surface area contributed by atoms with Crippen molar-refractivity contribution < 1.29 is 27.1 Å². The number of carbonyl (C=O) groups is 2. The highest BCUT2D eigenvalue weighted by Gasteiger charge is 2.24. The maximum absolute atomic E-state index is 13.0. The van der Waals surface area contributed by atoms with Gasteiger partial charge in [-0.1, -0.05) is 32.0 Å². The summed E-state index contributed by atoms with van der Waals surface area (Å²) in [4.78, 5) is 23.9. The molecule has 0 saturated carbocycles. The monoisotopic (exact) mass is 422 g/mol. The Balaban J connectivity index is 1.91. The van der Waals surface area contributed by atoms with E-state index in [1.165, 1.54) is 7.05 Å². The number of nitrogens with zero attached hydrogens (tertiary/aromatic N) is 1. The highest BCUT2D eigenvalue weighted by molar-refractivity contribution is 7.89. The molecule has 1 N–H and O–H groups in total. The number of ether oxygens (including phenoxy) is 1. The molecular weight excluding hydrogens is 399 g/mol. The van der Waals surface area contributed by atoms with E-state index in [0.717, 1.165) is 34.1 Å². The van der Waals surface area contributed by atoms with Gasteiger partial charge in [0.1, 0.15) is 12.4 Å². The molecule has 1 amide bonds. The minimum Gasteiger partial charge on any atom is -0.455 e. The molecule has 9 heteroatoms. The average molecular weight is 422 g/mol. The van der Waals surface area contributed by atoms with Crippen LogP contribution in [0.2, 0.25) is 0 Å². The standard InChI is InChI=1S/C20H23FN2O5S/c1-14(2)17-6-4-5-7-18(17)22-19(24)13-28-20(25)12-23(3)29(26,27)16-10-8-15(21)9-11-16/h4-11,14H,12-13H2,1-3H3,(H,22,24). The van der Waals surface area contributed by atoms with E-state index >= 15 is 0 Å². The number of amides is 1. The first kappa shape index (κ1) is 22.5. The molecule has 0 saturated heterocycles. The Morgan fingerprint density at radius 1 is 1.10 bits per heavy atom. The van der Waals surface area contributed by atoms with Gasteiger partial charge >= 0.3 is 5.97 Å². The van der Waals surface area contributed by atoms with E-state index in [1.807, 2.05) is 26.0 Å². The van der Waals surface area contributed by atoms with Crippen LogP contribution < -0.4 is 5.32 Å². The summed E-state index contributed by atoms with van der Waals surface area (Å²) in [5.41, 5.74) is 1.57. The van der Waals surface area contributed by atoms with Gasteiger partial charge in [-0.3, -0.25) is 9.59 Å². The highest BCUT2D eigenvalue weighted by atomic mass is 32.2. The molecule has 0 aliphatic heterocycles. The van der Waals surface area contributed by atoms with Gasteiger partial charge in [0.15, 0.2) is 6.61 Å². The first-order valence-corrected chi connectivity index (χ1v) is 10.3. The van der Waals surface area contributed by atoms with E-state index in [2.05, 4.69) is 5.32 Å². The quantitative estimate of drug-likeness (QED) is 0.661. The minimum absolute atomic E-state index is 0.155. The van der Waals surface area contributed by atoms with Crippen molar-refractivity contribution in [2.24, 2.45) is 0 Å². The van der Waals surface area contributed by atoms with E-state index in [9.17, 15) is 22.4 Å². The molecule has 156 valence electrons. The van der Waals surface area contributed by atoms with E-state index in [-0.39, 0.29) is 10.8 Å². The van der Waals surface area contributed by atoms with Crippen LogP contribution in [0.3, 0.4) is 0 Å². The second-order valence-corrected chi connectivity index (χ2v) is 8.71. The Morgan fingerprint density at radius 3 is 2.34 bits per heavy atom. The number of hydrogen-bond acceptors (Lipinski definition) is 5. The molecule has 0 aliphatic carbocycles. The van der Waals surface area contributed by atoms with Crippen molar-refractivity contribution in [3.05, 3.63) is 59.9 Å². The predicted molar refractivity (Wildman–Crippen MR) is 106 cm³/mol. The molecule has 0 unspecified atom stereocenters. The lowest BCUT2D eigenvalue weighted by atomic mass is 10.0. The molecule has 0 bridgehead atoms. The summed E-state index contributed by atoms with van der Waals surface area (Å²) in [6, 6.07) is 11.5.